The molecule has 0 radical (unpaired) electrons. The molecule has 0 aliphatic carbocycles. The Bertz CT molecular complexity index is 455. The lowest BCUT2D eigenvalue weighted by Gasteiger charge is -2.34. The zero-order valence-corrected chi connectivity index (χ0v) is 9.12. The minimum Gasteiger partial charge on any atom is -0.381 e. The lowest BCUT2D eigenvalue weighted by Crippen LogP contribution is -2.41. The zero-order chi connectivity index (χ0) is 11.0. The molecule has 16 heavy (non-hydrogen) atoms. The summed E-state index contributed by atoms with van der Waals surface area (Å²) in [5.41, 5.74) is 3.39. The molecule has 3 rings (SSSR count). The molecule has 82 valence electrons. The van der Waals surface area contributed by atoms with Crippen molar-refractivity contribution in [2.75, 3.05) is 18.5 Å². The van der Waals surface area contributed by atoms with Crippen LogP contribution in [0.4, 0.5) is 5.69 Å². The summed E-state index contributed by atoms with van der Waals surface area (Å²) in [6.07, 6.45) is 3.19. The van der Waals surface area contributed by atoms with Crippen molar-refractivity contribution in [1.82, 2.24) is 0 Å². The van der Waals surface area contributed by atoms with Gasteiger partial charge in [-0.05, 0) is 37.0 Å². The molecule has 1 aromatic carbocycles. The molecule has 1 saturated heterocycles. The van der Waals surface area contributed by atoms with E-state index < -0.39 is 0 Å². The Hall–Kier alpha value is -1.53. The molecule has 3 heteroatoms. The summed E-state index contributed by atoms with van der Waals surface area (Å²) < 4.78 is 5.41. The Kier molecular flexibility index (Phi) is 2.12. The van der Waals surface area contributed by atoms with E-state index in [2.05, 4.69) is 17.5 Å². The maximum Gasteiger partial charge on any atom is 0.0992 e. The van der Waals surface area contributed by atoms with Crippen molar-refractivity contribution >= 4 is 5.69 Å². The molecule has 3 nitrogen and oxygen atoms in total. The van der Waals surface area contributed by atoms with E-state index in [9.17, 15) is 0 Å². The van der Waals surface area contributed by atoms with Crippen LogP contribution in [0.15, 0.2) is 18.2 Å². The van der Waals surface area contributed by atoms with E-state index in [1.165, 1.54) is 5.56 Å². The van der Waals surface area contributed by atoms with Gasteiger partial charge in [0.15, 0.2) is 0 Å². The summed E-state index contributed by atoms with van der Waals surface area (Å²) in [7, 11) is 0. The fraction of sp³-hybridized carbons (Fsp3) is 0.462. The van der Waals surface area contributed by atoms with E-state index in [1.54, 1.807) is 0 Å². The molecule has 1 fully saturated rings. The van der Waals surface area contributed by atoms with Crippen LogP contribution in [0.3, 0.4) is 0 Å². The third-order valence-electron chi connectivity index (χ3n) is 3.62. The summed E-state index contributed by atoms with van der Waals surface area (Å²) >= 11 is 0. The molecule has 0 amide bonds. The van der Waals surface area contributed by atoms with Crippen LogP contribution in [0.1, 0.15) is 24.0 Å². The highest BCUT2D eigenvalue weighted by atomic mass is 16.5. The number of ether oxygens (including phenoxy) is 1. The van der Waals surface area contributed by atoms with E-state index in [-0.39, 0.29) is 5.54 Å². The van der Waals surface area contributed by atoms with Gasteiger partial charge in [-0.3, -0.25) is 0 Å². The summed E-state index contributed by atoms with van der Waals surface area (Å²) in [5.74, 6) is 0. The largest absolute Gasteiger partial charge is 0.381 e. The predicted molar refractivity (Wildman–Crippen MR) is 61.3 cm³/mol. The Labute approximate surface area is 95.0 Å². The van der Waals surface area contributed by atoms with Crippen LogP contribution in [-0.4, -0.2) is 18.8 Å². The molecule has 2 heterocycles. The van der Waals surface area contributed by atoms with E-state index >= 15 is 0 Å². The molecule has 2 aliphatic heterocycles. The van der Waals surface area contributed by atoms with Gasteiger partial charge < -0.3 is 10.1 Å². The predicted octanol–water partition coefficient (Wildman–Crippen LogP) is 2.08. The first-order valence-corrected chi connectivity index (χ1v) is 5.70. The van der Waals surface area contributed by atoms with Gasteiger partial charge in [-0.15, -0.1) is 0 Å². The number of hydrogen-bond donors (Lipinski definition) is 1. The summed E-state index contributed by atoms with van der Waals surface area (Å²) in [6, 6.07) is 8.12. The molecule has 0 atom stereocenters. The van der Waals surface area contributed by atoms with Gasteiger partial charge in [0.2, 0.25) is 0 Å². The second-order valence-electron chi connectivity index (χ2n) is 4.68. The van der Waals surface area contributed by atoms with E-state index in [4.69, 9.17) is 10.00 Å². The van der Waals surface area contributed by atoms with Crippen molar-refractivity contribution in [1.29, 1.82) is 5.26 Å². The number of nitriles is 1. The first-order chi connectivity index (χ1) is 7.81. The molecule has 0 bridgehead atoms. The molecule has 2 aliphatic rings. The fourth-order valence-electron chi connectivity index (χ4n) is 2.67. The molecular formula is C13H14N2O. The minimum atomic E-state index is 0.189. The van der Waals surface area contributed by atoms with Crippen LogP contribution in [-0.2, 0) is 11.2 Å². The standard InChI is InChI=1S/C13H14N2O/c14-9-10-1-2-11-8-13(15-12(11)7-10)3-5-16-6-4-13/h1-2,7,15H,3-6,8H2. The molecular weight excluding hydrogens is 200 g/mol. The Balaban J connectivity index is 1.91. The Morgan fingerprint density at radius 1 is 1.31 bits per heavy atom. The smallest absolute Gasteiger partial charge is 0.0992 e. The molecule has 1 N–H and O–H groups in total. The Morgan fingerprint density at radius 3 is 2.88 bits per heavy atom. The highest BCUT2D eigenvalue weighted by Gasteiger charge is 2.38. The SMILES string of the molecule is N#Cc1ccc2c(c1)NC1(CCOCC1)C2. The summed E-state index contributed by atoms with van der Waals surface area (Å²) in [6.45, 7) is 1.68. The van der Waals surface area contributed by atoms with Gasteiger partial charge in [-0.1, -0.05) is 6.07 Å². The number of benzene rings is 1. The van der Waals surface area contributed by atoms with Gasteiger partial charge in [0.1, 0.15) is 0 Å². The van der Waals surface area contributed by atoms with Crippen molar-refractivity contribution in [3.05, 3.63) is 29.3 Å². The zero-order valence-electron chi connectivity index (χ0n) is 9.12. The maximum atomic E-state index is 8.87. The average molecular weight is 214 g/mol. The van der Waals surface area contributed by atoms with E-state index in [0.29, 0.717) is 0 Å². The van der Waals surface area contributed by atoms with Crippen molar-refractivity contribution in [2.45, 2.75) is 24.8 Å². The van der Waals surface area contributed by atoms with Crippen LogP contribution < -0.4 is 5.32 Å². The van der Waals surface area contributed by atoms with Crippen LogP contribution in [0, 0.1) is 11.3 Å². The van der Waals surface area contributed by atoms with Crippen molar-refractivity contribution in [3.63, 3.8) is 0 Å². The van der Waals surface area contributed by atoms with Crippen LogP contribution in [0.5, 0.6) is 0 Å². The summed E-state index contributed by atoms with van der Waals surface area (Å²) in [4.78, 5) is 0. The van der Waals surface area contributed by atoms with Gasteiger partial charge in [0.05, 0.1) is 11.6 Å². The number of nitrogens with zero attached hydrogens (tertiary/aromatic N) is 1. The Morgan fingerprint density at radius 2 is 2.12 bits per heavy atom. The van der Waals surface area contributed by atoms with Gasteiger partial charge in [-0.25, -0.2) is 0 Å². The molecule has 0 saturated carbocycles. The van der Waals surface area contributed by atoms with Crippen LogP contribution in [0.2, 0.25) is 0 Å². The van der Waals surface area contributed by atoms with Crippen LogP contribution >= 0.6 is 0 Å². The number of hydrogen-bond acceptors (Lipinski definition) is 3. The van der Waals surface area contributed by atoms with E-state index in [0.717, 1.165) is 43.7 Å². The van der Waals surface area contributed by atoms with Crippen LogP contribution in [0.25, 0.3) is 0 Å². The molecule has 1 aromatic rings. The van der Waals surface area contributed by atoms with Gasteiger partial charge in [0.25, 0.3) is 0 Å². The monoisotopic (exact) mass is 214 g/mol. The number of anilines is 1. The average Bonchev–Trinajstić information content (AvgIpc) is 2.66. The van der Waals surface area contributed by atoms with Crippen molar-refractivity contribution in [2.24, 2.45) is 0 Å². The van der Waals surface area contributed by atoms with Crippen molar-refractivity contribution < 1.29 is 4.74 Å². The topological polar surface area (TPSA) is 45.0 Å². The highest BCUT2D eigenvalue weighted by Crippen LogP contribution is 2.38. The van der Waals surface area contributed by atoms with Gasteiger partial charge in [-0.2, -0.15) is 5.26 Å². The molecule has 0 aromatic heterocycles. The molecule has 1 spiro atoms. The lowest BCUT2D eigenvalue weighted by atomic mass is 9.87. The normalized spacial score (nSPS) is 21.2. The third kappa shape index (κ3) is 1.46. The number of rotatable bonds is 0. The van der Waals surface area contributed by atoms with Gasteiger partial charge >= 0.3 is 0 Å². The van der Waals surface area contributed by atoms with Crippen molar-refractivity contribution in [3.8, 4) is 6.07 Å². The first kappa shape index (κ1) is 9.68. The number of nitrogens with one attached hydrogen (secondary N) is 1. The van der Waals surface area contributed by atoms with E-state index in [1.807, 2.05) is 12.1 Å². The van der Waals surface area contributed by atoms with Gasteiger partial charge in [0, 0.05) is 24.4 Å². The lowest BCUT2D eigenvalue weighted by molar-refractivity contribution is 0.0624. The summed E-state index contributed by atoms with van der Waals surface area (Å²) in [5, 5.41) is 12.5. The minimum absolute atomic E-state index is 0.189. The highest BCUT2D eigenvalue weighted by molar-refractivity contribution is 5.62. The second-order valence-corrected chi connectivity index (χ2v) is 4.68. The maximum absolute atomic E-state index is 8.87. The first-order valence-electron chi connectivity index (χ1n) is 5.70. The second kappa shape index (κ2) is 3.50. The number of fused-ring (bicyclic) bond motifs is 1. The molecule has 0 unspecified atom stereocenters. The quantitative estimate of drug-likeness (QED) is 0.719. The third-order valence-corrected chi connectivity index (χ3v) is 3.62. The fourth-order valence-corrected chi connectivity index (χ4v) is 2.67.